The van der Waals surface area contributed by atoms with E-state index in [1.54, 1.807) is 6.92 Å². The summed E-state index contributed by atoms with van der Waals surface area (Å²) in [4.78, 5) is 25.4. The Balaban J connectivity index is 1.52. The number of esters is 2. The van der Waals surface area contributed by atoms with Gasteiger partial charge in [0.05, 0.1) is 12.0 Å². The van der Waals surface area contributed by atoms with Gasteiger partial charge in [-0.3, -0.25) is 4.79 Å². The number of fused-ring (bicyclic) bond motifs is 5. The van der Waals surface area contributed by atoms with Crippen LogP contribution in [0.25, 0.3) is 0 Å². The van der Waals surface area contributed by atoms with Gasteiger partial charge in [0, 0.05) is 29.4 Å². The van der Waals surface area contributed by atoms with Gasteiger partial charge >= 0.3 is 11.9 Å². The molecule has 180 valence electrons. The number of carbonyl (C=O) groups excluding carboxylic acids is 2. The maximum Gasteiger partial charge on any atom is 0.336 e. The average molecular weight is 461 g/mol. The van der Waals surface area contributed by atoms with Gasteiger partial charge in [-0.1, -0.05) is 27.4 Å². The van der Waals surface area contributed by atoms with Crippen LogP contribution >= 0.6 is 0 Å². The van der Waals surface area contributed by atoms with E-state index in [4.69, 9.17) is 18.9 Å². The van der Waals surface area contributed by atoms with Gasteiger partial charge < -0.3 is 29.2 Å². The lowest BCUT2D eigenvalue weighted by molar-refractivity contribution is -0.190. The highest BCUT2D eigenvalue weighted by atomic mass is 16.7. The molecule has 0 radical (unpaired) electrons. The van der Waals surface area contributed by atoms with Crippen molar-refractivity contribution in [1.82, 2.24) is 0 Å². The van der Waals surface area contributed by atoms with Gasteiger partial charge in [0.25, 0.3) is 0 Å². The first-order chi connectivity index (χ1) is 15.4. The van der Waals surface area contributed by atoms with Crippen LogP contribution in [0.2, 0.25) is 0 Å². The Morgan fingerprint density at radius 2 is 2.03 bits per heavy atom. The predicted octanol–water partition coefficient (Wildman–Crippen LogP) is 1.78. The summed E-state index contributed by atoms with van der Waals surface area (Å²) in [6.45, 7) is 13.7. The number of hydrogen-bond donors (Lipinski definition) is 2. The van der Waals surface area contributed by atoms with Gasteiger partial charge in [0.2, 0.25) is 5.79 Å². The van der Waals surface area contributed by atoms with Crippen molar-refractivity contribution < 1.29 is 38.7 Å². The van der Waals surface area contributed by atoms with Crippen molar-refractivity contribution in [1.29, 1.82) is 0 Å². The molecule has 6 aliphatic rings. The van der Waals surface area contributed by atoms with Crippen LogP contribution in [0.4, 0.5) is 0 Å². The quantitative estimate of drug-likeness (QED) is 0.372. The first kappa shape index (κ1) is 21.8. The van der Waals surface area contributed by atoms with Crippen molar-refractivity contribution >= 4 is 11.9 Å². The summed E-state index contributed by atoms with van der Waals surface area (Å²) in [6.07, 6.45) is -0.822. The smallest absolute Gasteiger partial charge is 0.336 e. The Labute approximate surface area is 192 Å². The number of aliphatic hydroxyl groups excluding tert-OH is 1. The SMILES string of the molecule is C=C1[C@@H]2[C@@H](C3=C(C)C(=O)O[C@@]3(O)C[C@@H]1O)[C@]1(C)O[C@@H]1[C@@]13C[C@@H](C)[C@@H](OC(=O)[C@@H](C)CC)[C@@]21O3. The Bertz CT molecular complexity index is 1030. The molecule has 0 spiro atoms. The average Bonchev–Trinajstić information content (AvgIpc) is 3.58. The van der Waals surface area contributed by atoms with Crippen LogP contribution in [-0.2, 0) is 28.5 Å². The summed E-state index contributed by atoms with van der Waals surface area (Å²) >= 11 is 0. The topological polar surface area (TPSA) is 118 Å². The first-order valence-corrected chi connectivity index (χ1v) is 12.0. The number of rotatable bonds is 3. The molecule has 6 rings (SSSR count). The van der Waals surface area contributed by atoms with E-state index in [0.29, 0.717) is 29.6 Å². The molecule has 3 aliphatic heterocycles. The van der Waals surface area contributed by atoms with Gasteiger partial charge in [-0.15, -0.1) is 0 Å². The predicted molar refractivity (Wildman–Crippen MR) is 113 cm³/mol. The van der Waals surface area contributed by atoms with E-state index in [0.717, 1.165) is 0 Å². The Morgan fingerprint density at radius 3 is 2.70 bits per heavy atom. The Hall–Kier alpha value is -1.74. The molecule has 8 heteroatoms. The molecule has 5 fully saturated rings. The second-order valence-electron chi connectivity index (χ2n) is 11.3. The minimum absolute atomic E-state index is 0.0163. The monoisotopic (exact) mass is 460 g/mol. The third kappa shape index (κ3) is 2.27. The molecule has 0 aromatic carbocycles. The third-order valence-corrected chi connectivity index (χ3v) is 9.47. The normalized spacial score (nSPS) is 54.3. The van der Waals surface area contributed by atoms with Crippen molar-refractivity contribution in [3.8, 4) is 0 Å². The standard InChI is InChI=1S/C25H32O8/c1-7-10(2)19(27)30-18-11(3)8-23-21-22(6,32-21)17-15-13(5)20(28)31-24(15,29)9-14(26)12(4)16(17)25(18,23)33-23/h10-11,14,16-18,21,26,29H,4,7-9H2,1-3,5-6H3/t10-,11+,14-,16+,17+,18+,21-,22-,23-,24-,25-/m0/s1. The molecule has 0 amide bonds. The molecule has 0 aromatic heterocycles. The van der Waals surface area contributed by atoms with Gasteiger partial charge in [-0.25, -0.2) is 4.79 Å². The van der Waals surface area contributed by atoms with E-state index in [1.165, 1.54) is 0 Å². The molecule has 8 nitrogen and oxygen atoms in total. The van der Waals surface area contributed by atoms with Crippen LogP contribution in [0, 0.1) is 23.7 Å². The second-order valence-corrected chi connectivity index (χ2v) is 11.3. The first-order valence-electron chi connectivity index (χ1n) is 12.0. The van der Waals surface area contributed by atoms with Gasteiger partial charge in [0.15, 0.2) is 0 Å². The molecule has 2 saturated heterocycles. The zero-order valence-corrected chi connectivity index (χ0v) is 19.7. The Kier molecular flexibility index (Phi) is 4.01. The van der Waals surface area contributed by atoms with Crippen molar-refractivity contribution in [2.75, 3.05) is 0 Å². The zero-order chi connectivity index (χ0) is 23.9. The van der Waals surface area contributed by atoms with Gasteiger partial charge in [-0.2, -0.15) is 0 Å². The van der Waals surface area contributed by atoms with E-state index in [-0.39, 0.29) is 30.3 Å². The molecule has 2 N–H and O–H groups in total. The molecule has 0 bridgehead atoms. The fraction of sp³-hybridized carbons (Fsp3) is 0.760. The summed E-state index contributed by atoms with van der Waals surface area (Å²) < 4.78 is 24.4. The third-order valence-electron chi connectivity index (χ3n) is 9.47. The van der Waals surface area contributed by atoms with Crippen LogP contribution in [-0.4, -0.2) is 63.1 Å². The highest BCUT2D eigenvalue weighted by Crippen LogP contribution is 2.81. The molecule has 0 aromatic rings. The van der Waals surface area contributed by atoms with Crippen LogP contribution in [0.15, 0.2) is 23.3 Å². The zero-order valence-electron chi connectivity index (χ0n) is 19.7. The summed E-state index contributed by atoms with van der Waals surface area (Å²) in [5, 5.41) is 22.5. The molecule has 3 heterocycles. The number of hydrogen-bond acceptors (Lipinski definition) is 8. The lowest BCUT2D eigenvalue weighted by atomic mass is 9.58. The maximum atomic E-state index is 12.9. The van der Waals surface area contributed by atoms with E-state index >= 15 is 0 Å². The highest BCUT2D eigenvalue weighted by Gasteiger charge is 2.96. The van der Waals surface area contributed by atoms with Crippen LogP contribution in [0.5, 0.6) is 0 Å². The van der Waals surface area contributed by atoms with Crippen LogP contribution in [0.3, 0.4) is 0 Å². The van der Waals surface area contributed by atoms with Crippen molar-refractivity contribution in [2.45, 2.75) is 94.8 Å². The van der Waals surface area contributed by atoms with E-state index in [2.05, 4.69) is 6.58 Å². The van der Waals surface area contributed by atoms with Crippen molar-refractivity contribution in [3.05, 3.63) is 23.3 Å². The van der Waals surface area contributed by atoms with Gasteiger partial charge in [-0.05, 0) is 38.2 Å². The lowest BCUT2D eigenvalue weighted by Crippen LogP contribution is -2.56. The second kappa shape index (κ2) is 6.08. The fourth-order valence-electron chi connectivity index (χ4n) is 7.72. The summed E-state index contributed by atoms with van der Waals surface area (Å²) in [6, 6.07) is 0. The summed E-state index contributed by atoms with van der Waals surface area (Å²) in [5.74, 6) is -4.05. The Morgan fingerprint density at radius 1 is 1.33 bits per heavy atom. The highest BCUT2D eigenvalue weighted by molar-refractivity contribution is 5.92. The molecule has 3 aliphatic carbocycles. The van der Waals surface area contributed by atoms with Crippen LogP contribution < -0.4 is 0 Å². The molecular weight excluding hydrogens is 428 g/mol. The summed E-state index contributed by atoms with van der Waals surface area (Å²) in [7, 11) is 0. The van der Waals surface area contributed by atoms with E-state index < -0.39 is 52.6 Å². The number of aliphatic hydroxyl groups is 2. The molecular formula is C25H32O8. The van der Waals surface area contributed by atoms with Gasteiger partial charge in [0.1, 0.15) is 29.0 Å². The lowest BCUT2D eigenvalue weighted by Gasteiger charge is -2.42. The molecule has 33 heavy (non-hydrogen) atoms. The van der Waals surface area contributed by atoms with E-state index in [1.807, 2.05) is 27.7 Å². The number of carbonyl (C=O) groups is 2. The number of ether oxygens (including phenoxy) is 4. The molecule has 0 unspecified atom stereocenters. The van der Waals surface area contributed by atoms with Crippen LogP contribution in [0.1, 0.15) is 53.9 Å². The number of epoxide rings is 2. The maximum absolute atomic E-state index is 12.9. The minimum atomic E-state index is -1.93. The molecule has 11 atom stereocenters. The summed E-state index contributed by atoms with van der Waals surface area (Å²) in [5.41, 5.74) is -1.03. The fourth-order valence-corrected chi connectivity index (χ4v) is 7.72. The molecule has 3 saturated carbocycles. The minimum Gasteiger partial charge on any atom is -0.459 e. The van der Waals surface area contributed by atoms with Crippen molar-refractivity contribution in [3.63, 3.8) is 0 Å². The van der Waals surface area contributed by atoms with E-state index in [9.17, 15) is 19.8 Å². The largest absolute Gasteiger partial charge is 0.459 e. The van der Waals surface area contributed by atoms with Crippen molar-refractivity contribution in [2.24, 2.45) is 23.7 Å².